The number of phenols is 1. The second-order valence-corrected chi connectivity index (χ2v) is 7.94. The van der Waals surface area contributed by atoms with Gasteiger partial charge in [0, 0.05) is 29.8 Å². The Hall–Kier alpha value is -2.49. The first-order chi connectivity index (χ1) is 14.1. The lowest BCUT2D eigenvalue weighted by Gasteiger charge is -2.36. The summed E-state index contributed by atoms with van der Waals surface area (Å²) in [5.74, 6) is -0.0260. The van der Waals surface area contributed by atoms with Gasteiger partial charge in [-0.05, 0) is 49.6 Å². The number of piperidine rings is 1. The van der Waals surface area contributed by atoms with Crippen LogP contribution in [0.4, 0.5) is 27.8 Å². The van der Waals surface area contributed by atoms with Crippen LogP contribution < -0.4 is 10.2 Å². The number of aromatic hydroxyl groups is 1. The zero-order valence-corrected chi connectivity index (χ0v) is 16.1. The molecule has 1 unspecified atom stereocenters. The number of fused-ring (bicyclic) bond motifs is 1. The SMILES string of the molecule is CC1CN[C@H]2CCN(c3cc(C(F)F)c(-c4ccc(C(F)(F)F)cc4O)nn3)[C@@H]2C1. The number of nitrogens with one attached hydrogen (secondary N) is 1. The first-order valence-electron chi connectivity index (χ1n) is 9.71. The van der Waals surface area contributed by atoms with Gasteiger partial charge in [0.05, 0.1) is 5.56 Å². The van der Waals surface area contributed by atoms with Gasteiger partial charge in [-0.1, -0.05) is 6.92 Å². The molecule has 2 saturated heterocycles. The highest BCUT2D eigenvalue weighted by Gasteiger charge is 2.39. The number of alkyl halides is 5. The topological polar surface area (TPSA) is 61.3 Å². The molecule has 0 aliphatic carbocycles. The number of phenolic OH excluding ortho intramolecular Hbond substituents is 1. The molecule has 1 aromatic carbocycles. The number of anilines is 1. The monoisotopic (exact) mass is 428 g/mol. The third-order valence-electron chi connectivity index (χ3n) is 5.84. The minimum atomic E-state index is -4.66. The summed E-state index contributed by atoms with van der Waals surface area (Å²) in [6.45, 7) is 3.68. The van der Waals surface area contributed by atoms with Gasteiger partial charge >= 0.3 is 6.18 Å². The molecule has 5 nitrogen and oxygen atoms in total. The van der Waals surface area contributed by atoms with Crippen molar-refractivity contribution in [3.05, 3.63) is 35.4 Å². The lowest BCUT2D eigenvalue weighted by Crippen LogP contribution is -2.50. The molecule has 1 aromatic heterocycles. The minimum Gasteiger partial charge on any atom is -0.507 e. The van der Waals surface area contributed by atoms with Crippen LogP contribution >= 0.6 is 0 Å². The van der Waals surface area contributed by atoms with Gasteiger partial charge in [-0.25, -0.2) is 8.78 Å². The summed E-state index contributed by atoms with van der Waals surface area (Å²) in [6.07, 6.45) is -5.82. The molecule has 2 N–H and O–H groups in total. The van der Waals surface area contributed by atoms with Gasteiger partial charge in [-0.15, -0.1) is 10.2 Å². The highest BCUT2D eigenvalue weighted by atomic mass is 19.4. The Morgan fingerprint density at radius 3 is 2.63 bits per heavy atom. The van der Waals surface area contributed by atoms with Crippen LogP contribution in [0.5, 0.6) is 5.75 Å². The molecule has 162 valence electrons. The molecule has 10 heteroatoms. The van der Waals surface area contributed by atoms with Crippen LogP contribution in [0.2, 0.25) is 0 Å². The lowest BCUT2D eigenvalue weighted by molar-refractivity contribution is -0.137. The third kappa shape index (κ3) is 3.80. The van der Waals surface area contributed by atoms with Crippen molar-refractivity contribution in [2.24, 2.45) is 5.92 Å². The number of nitrogens with zero attached hydrogens (tertiary/aromatic N) is 3. The molecule has 0 bridgehead atoms. The van der Waals surface area contributed by atoms with Crippen molar-refractivity contribution in [1.82, 2.24) is 15.5 Å². The third-order valence-corrected chi connectivity index (χ3v) is 5.84. The van der Waals surface area contributed by atoms with E-state index < -0.39 is 29.5 Å². The Morgan fingerprint density at radius 2 is 1.97 bits per heavy atom. The first-order valence-corrected chi connectivity index (χ1v) is 9.71. The van der Waals surface area contributed by atoms with Crippen molar-refractivity contribution in [3.8, 4) is 17.0 Å². The van der Waals surface area contributed by atoms with E-state index in [4.69, 9.17) is 0 Å². The molecule has 2 fully saturated rings. The average Bonchev–Trinajstić information content (AvgIpc) is 3.09. The van der Waals surface area contributed by atoms with Crippen molar-refractivity contribution < 1.29 is 27.1 Å². The number of rotatable bonds is 3. The maximum Gasteiger partial charge on any atom is 0.416 e. The van der Waals surface area contributed by atoms with Crippen LogP contribution in [0.25, 0.3) is 11.3 Å². The molecule has 3 heterocycles. The molecule has 4 rings (SSSR count). The van der Waals surface area contributed by atoms with Crippen LogP contribution in [-0.4, -0.2) is 40.5 Å². The Morgan fingerprint density at radius 1 is 1.20 bits per heavy atom. The van der Waals surface area contributed by atoms with Crippen LogP contribution in [0.15, 0.2) is 24.3 Å². The van der Waals surface area contributed by atoms with Crippen LogP contribution in [0.3, 0.4) is 0 Å². The zero-order valence-electron chi connectivity index (χ0n) is 16.1. The normalized spacial score (nSPS) is 24.4. The van der Waals surface area contributed by atoms with Gasteiger partial charge in [0.2, 0.25) is 0 Å². The molecule has 0 saturated carbocycles. The average molecular weight is 428 g/mol. The van der Waals surface area contributed by atoms with E-state index in [0.29, 0.717) is 24.3 Å². The standard InChI is InChI=1S/C20H21F5N4O/c1-10-6-15-14(26-9-10)4-5-29(15)17-8-13(19(21)22)18(28-27-17)12-3-2-11(7-16(12)30)20(23,24)25/h2-3,7-8,10,14-15,19,26,30H,4-6,9H2,1H3/t10?,14-,15+/m0/s1. The molecule has 0 amide bonds. The maximum atomic E-state index is 13.8. The van der Waals surface area contributed by atoms with Crippen molar-refractivity contribution in [1.29, 1.82) is 0 Å². The van der Waals surface area contributed by atoms with E-state index in [9.17, 15) is 27.1 Å². The molecule has 2 aliphatic rings. The molecule has 0 spiro atoms. The van der Waals surface area contributed by atoms with Crippen molar-refractivity contribution in [2.75, 3.05) is 18.0 Å². The predicted molar refractivity (Wildman–Crippen MR) is 100 cm³/mol. The Labute approximate surface area is 169 Å². The summed E-state index contributed by atoms with van der Waals surface area (Å²) in [4.78, 5) is 1.96. The van der Waals surface area contributed by atoms with E-state index >= 15 is 0 Å². The summed E-state index contributed by atoms with van der Waals surface area (Å²) in [7, 11) is 0. The van der Waals surface area contributed by atoms with Gasteiger partial charge in [-0.2, -0.15) is 13.2 Å². The van der Waals surface area contributed by atoms with E-state index in [1.165, 1.54) is 6.07 Å². The van der Waals surface area contributed by atoms with E-state index in [1.807, 2.05) is 4.90 Å². The van der Waals surface area contributed by atoms with E-state index in [2.05, 4.69) is 22.4 Å². The summed E-state index contributed by atoms with van der Waals surface area (Å²) in [5.41, 5.74) is -2.10. The summed E-state index contributed by atoms with van der Waals surface area (Å²) in [5, 5.41) is 21.5. The zero-order chi connectivity index (χ0) is 21.6. The van der Waals surface area contributed by atoms with E-state index in [0.717, 1.165) is 31.5 Å². The van der Waals surface area contributed by atoms with Crippen LogP contribution in [-0.2, 0) is 6.18 Å². The number of hydrogen-bond donors (Lipinski definition) is 2. The Kier molecular flexibility index (Phi) is 5.29. The highest BCUT2D eigenvalue weighted by molar-refractivity contribution is 5.71. The number of hydrogen-bond acceptors (Lipinski definition) is 5. The summed E-state index contributed by atoms with van der Waals surface area (Å²) < 4.78 is 66.1. The van der Waals surface area contributed by atoms with Crippen molar-refractivity contribution in [2.45, 2.75) is 44.5 Å². The van der Waals surface area contributed by atoms with E-state index in [-0.39, 0.29) is 23.3 Å². The Balaban J connectivity index is 1.70. The predicted octanol–water partition coefficient (Wildman–Crippen LogP) is 4.38. The summed E-state index contributed by atoms with van der Waals surface area (Å²) in [6, 6.07) is 3.77. The van der Waals surface area contributed by atoms with Gasteiger partial charge in [0.15, 0.2) is 5.82 Å². The molecule has 0 radical (unpaired) electrons. The molecule has 3 atom stereocenters. The first kappa shape index (κ1) is 20.8. The maximum absolute atomic E-state index is 13.8. The Bertz CT molecular complexity index is 936. The molecule has 30 heavy (non-hydrogen) atoms. The number of halogens is 5. The second kappa shape index (κ2) is 7.64. The van der Waals surface area contributed by atoms with Crippen molar-refractivity contribution in [3.63, 3.8) is 0 Å². The van der Waals surface area contributed by atoms with Gasteiger partial charge in [-0.3, -0.25) is 0 Å². The molecular weight excluding hydrogens is 407 g/mol. The van der Waals surface area contributed by atoms with Crippen LogP contribution in [0.1, 0.15) is 37.3 Å². The van der Waals surface area contributed by atoms with Gasteiger partial charge in [0.1, 0.15) is 11.4 Å². The fourth-order valence-corrected chi connectivity index (χ4v) is 4.34. The smallest absolute Gasteiger partial charge is 0.416 e. The summed E-state index contributed by atoms with van der Waals surface area (Å²) >= 11 is 0. The van der Waals surface area contributed by atoms with Gasteiger partial charge in [0.25, 0.3) is 6.43 Å². The largest absolute Gasteiger partial charge is 0.507 e. The number of benzene rings is 1. The van der Waals surface area contributed by atoms with E-state index in [1.54, 1.807) is 0 Å². The molecule has 2 aromatic rings. The fourth-order valence-electron chi connectivity index (χ4n) is 4.34. The highest BCUT2D eigenvalue weighted by Crippen LogP contribution is 2.40. The minimum absolute atomic E-state index is 0.124. The fraction of sp³-hybridized carbons (Fsp3) is 0.500. The lowest BCUT2D eigenvalue weighted by atomic mass is 9.92. The number of aromatic nitrogens is 2. The molecule has 2 aliphatic heterocycles. The quantitative estimate of drug-likeness (QED) is 0.711. The van der Waals surface area contributed by atoms with Crippen molar-refractivity contribution >= 4 is 5.82 Å². The van der Waals surface area contributed by atoms with Gasteiger partial charge < -0.3 is 15.3 Å². The van der Waals surface area contributed by atoms with Crippen LogP contribution in [0, 0.1) is 5.92 Å². The molecular formula is C20H21F5N4O. The second-order valence-electron chi connectivity index (χ2n) is 7.94.